The molecule has 0 aliphatic heterocycles. The minimum Gasteiger partial charge on any atom is -0.448 e. The summed E-state index contributed by atoms with van der Waals surface area (Å²) in [5.74, 6) is 0.914. The lowest BCUT2D eigenvalue weighted by Gasteiger charge is -2.17. The van der Waals surface area contributed by atoms with Gasteiger partial charge in [-0.1, -0.05) is 12.1 Å². The summed E-state index contributed by atoms with van der Waals surface area (Å²) in [5, 5.41) is 18.9. The molecule has 0 saturated carbocycles. The largest absolute Gasteiger partial charge is 0.448 e. The van der Waals surface area contributed by atoms with Crippen LogP contribution in [0.2, 0.25) is 0 Å². The Labute approximate surface area is 205 Å². The maximum Gasteiger partial charge on any atom is 0.442 e. The van der Waals surface area contributed by atoms with Crippen molar-refractivity contribution in [3.05, 3.63) is 54.7 Å². The van der Waals surface area contributed by atoms with Gasteiger partial charge in [0.15, 0.2) is 0 Å². The minimum absolute atomic E-state index is 0.0560. The highest BCUT2D eigenvalue weighted by Crippen LogP contribution is 2.29. The first-order valence-electron chi connectivity index (χ1n) is 11.0. The van der Waals surface area contributed by atoms with Gasteiger partial charge in [-0.3, -0.25) is 0 Å². The first-order valence-corrected chi connectivity index (χ1v) is 13.0. The molecule has 1 heterocycles. The third-order valence-corrected chi connectivity index (χ3v) is 6.64. The number of aliphatic hydroxyl groups excluding tert-OH is 1. The SMILES string of the molecule is CCOC(=O)N=S(C)(=O)c1ccc(Nc2ncc(-c3ccc(NC)cc3)c(N[C@H](C)CO)n2)cc1. The Morgan fingerprint density at radius 1 is 1.14 bits per heavy atom. The zero-order chi connectivity index (χ0) is 25.4. The van der Waals surface area contributed by atoms with Gasteiger partial charge >= 0.3 is 6.09 Å². The van der Waals surface area contributed by atoms with Crippen molar-refractivity contribution < 1.29 is 18.8 Å². The van der Waals surface area contributed by atoms with Crippen molar-refractivity contribution in [3.63, 3.8) is 0 Å². The number of aromatic nitrogens is 2. The molecule has 0 saturated heterocycles. The number of benzene rings is 2. The van der Waals surface area contributed by atoms with Crippen LogP contribution in [-0.2, 0) is 14.5 Å². The number of aliphatic hydroxyl groups is 1. The van der Waals surface area contributed by atoms with E-state index in [1.807, 2.05) is 38.2 Å². The second kappa shape index (κ2) is 11.6. The predicted octanol–water partition coefficient (Wildman–Crippen LogP) is 4.33. The van der Waals surface area contributed by atoms with Crippen molar-refractivity contribution in [2.24, 2.45) is 4.36 Å². The highest BCUT2D eigenvalue weighted by molar-refractivity contribution is 7.93. The zero-order valence-corrected chi connectivity index (χ0v) is 20.9. The van der Waals surface area contributed by atoms with E-state index in [1.165, 1.54) is 6.26 Å². The number of rotatable bonds is 9. The lowest BCUT2D eigenvalue weighted by molar-refractivity contribution is 0.164. The summed E-state index contributed by atoms with van der Waals surface area (Å²) in [4.78, 5) is 21.1. The summed E-state index contributed by atoms with van der Waals surface area (Å²) in [5.41, 5.74) is 3.36. The summed E-state index contributed by atoms with van der Waals surface area (Å²) in [6.07, 6.45) is 2.24. The number of carbonyl (C=O) groups is 1. The molecule has 10 nitrogen and oxygen atoms in total. The summed E-state index contributed by atoms with van der Waals surface area (Å²) in [7, 11) is -1.08. The number of carbonyl (C=O) groups excluding carboxylic acids is 1. The van der Waals surface area contributed by atoms with Gasteiger partial charge in [-0.2, -0.15) is 4.98 Å². The monoisotopic (exact) mass is 498 g/mol. The van der Waals surface area contributed by atoms with E-state index in [0.29, 0.717) is 22.3 Å². The van der Waals surface area contributed by atoms with E-state index >= 15 is 0 Å². The summed E-state index contributed by atoms with van der Waals surface area (Å²) < 4.78 is 21.2. The molecule has 2 aromatic carbocycles. The number of amides is 1. The normalized spacial score (nSPS) is 13.3. The molecule has 186 valence electrons. The molecule has 1 aromatic heterocycles. The Hall–Kier alpha value is -3.70. The van der Waals surface area contributed by atoms with Crippen LogP contribution < -0.4 is 16.0 Å². The van der Waals surface area contributed by atoms with Crippen LogP contribution in [0.15, 0.2) is 64.0 Å². The molecule has 3 rings (SSSR count). The van der Waals surface area contributed by atoms with Crippen molar-refractivity contribution >= 4 is 39.0 Å². The van der Waals surface area contributed by atoms with E-state index in [0.717, 1.165) is 16.8 Å². The maximum atomic E-state index is 12.8. The zero-order valence-electron chi connectivity index (χ0n) is 20.1. The molecule has 35 heavy (non-hydrogen) atoms. The first kappa shape index (κ1) is 25.9. The second-order valence-corrected chi connectivity index (χ2v) is 10.0. The summed E-state index contributed by atoms with van der Waals surface area (Å²) in [6, 6.07) is 14.3. The third-order valence-electron chi connectivity index (χ3n) is 4.99. The number of ether oxygens (including phenoxy) is 1. The van der Waals surface area contributed by atoms with Gasteiger partial charge in [-0.15, -0.1) is 4.36 Å². The molecule has 1 amide bonds. The number of hydrogen-bond acceptors (Lipinski definition) is 9. The Bertz CT molecular complexity index is 1270. The molecule has 0 radical (unpaired) electrons. The van der Waals surface area contributed by atoms with Crippen molar-refractivity contribution in [2.75, 3.05) is 42.5 Å². The molecule has 4 N–H and O–H groups in total. The topological polar surface area (TPSA) is 138 Å². The average Bonchev–Trinajstić information content (AvgIpc) is 2.84. The van der Waals surface area contributed by atoms with Gasteiger partial charge in [0.2, 0.25) is 5.95 Å². The fourth-order valence-corrected chi connectivity index (χ4v) is 4.21. The second-order valence-electron chi connectivity index (χ2n) is 7.75. The molecule has 0 bridgehead atoms. The van der Waals surface area contributed by atoms with Gasteiger partial charge in [-0.25, -0.2) is 14.0 Å². The van der Waals surface area contributed by atoms with Crippen LogP contribution in [0.3, 0.4) is 0 Å². The summed E-state index contributed by atoms with van der Waals surface area (Å²) >= 11 is 0. The minimum atomic E-state index is -2.93. The van der Waals surface area contributed by atoms with Crippen LogP contribution in [-0.4, -0.2) is 57.9 Å². The predicted molar refractivity (Wildman–Crippen MR) is 139 cm³/mol. The van der Waals surface area contributed by atoms with E-state index in [4.69, 9.17) is 4.74 Å². The number of nitrogens with one attached hydrogen (secondary N) is 3. The van der Waals surface area contributed by atoms with Gasteiger partial charge in [0.25, 0.3) is 0 Å². The molecule has 0 spiro atoms. The van der Waals surface area contributed by atoms with Gasteiger partial charge < -0.3 is 25.8 Å². The Kier molecular flexibility index (Phi) is 8.61. The van der Waals surface area contributed by atoms with Gasteiger partial charge in [0.05, 0.1) is 22.9 Å². The van der Waals surface area contributed by atoms with Crippen molar-refractivity contribution in [2.45, 2.75) is 24.8 Å². The summed E-state index contributed by atoms with van der Waals surface area (Å²) in [6.45, 7) is 3.62. The van der Waals surface area contributed by atoms with Crippen LogP contribution in [0.25, 0.3) is 11.1 Å². The molecule has 0 aliphatic rings. The van der Waals surface area contributed by atoms with Gasteiger partial charge in [0.1, 0.15) is 5.82 Å². The van der Waals surface area contributed by atoms with Crippen molar-refractivity contribution in [1.29, 1.82) is 0 Å². The highest BCUT2D eigenvalue weighted by Gasteiger charge is 2.13. The number of hydrogen-bond donors (Lipinski definition) is 4. The molecule has 3 aromatic rings. The lowest BCUT2D eigenvalue weighted by atomic mass is 10.1. The van der Waals surface area contributed by atoms with E-state index in [2.05, 4.69) is 30.3 Å². The molecule has 2 atom stereocenters. The lowest BCUT2D eigenvalue weighted by Crippen LogP contribution is -2.21. The maximum absolute atomic E-state index is 12.8. The molecular formula is C24H30N6O4S. The number of anilines is 4. The van der Waals surface area contributed by atoms with E-state index < -0.39 is 15.8 Å². The Balaban J connectivity index is 1.86. The fraction of sp³-hybridized carbons (Fsp3) is 0.292. The van der Waals surface area contributed by atoms with Crippen LogP contribution >= 0.6 is 0 Å². The van der Waals surface area contributed by atoms with Crippen LogP contribution in [0.5, 0.6) is 0 Å². The average molecular weight is 499 g/mol. The Morgan fingerprint density at radius 2 is 1.80 bits per heavy atom. The van der Waals surface area contributed by atoms with Crippen LogP contribution in [0.4, 0.5) is 27.9 Å². The van der Waals surface area contributed by atoms with Crippen molar-refractivity contribution in [1.82, 2.24) is 9.97 Å². The van der Waals surface area contributed by atoms with Gasteiger partial charge in [0, 0.05) is 47.4 Å². The smallest absolute Gasteiger partial charge is 0.442 e. The van der Waals surface area contributed by atoms with Crippen LogP contribution in [0, 0.1) is 0 Å². The van der Waals surface area contributed by atoms with Gasteiger partial charge in [-0.05, 0) is 55.8 Å². The number of nitrogens with zero attached hydrogens (tertiary/aromatic N) is 3. The third kappa shape index (κ3) is 6.90. The first-order chi connectivity index (χ1) is 16.7. The molecular weight excluding hydrogens is 468 g/mol. The standard InChI is InChI=1S/C24H30N6O4S/c1-5-34-24(32)30-35(4,33)20-12-10-19(11-13-20)28-23-26-14-21(22(29-23)27-16(2)15-31)17-6-8-18(25-3)9-7-17/h6-14,16,25,31H,5,15H2,1-4H3,(H2,26,27,28,29)/t16-,35?/m1/s1. The molecule has 11 heteroatoms. The molecule has 0 fully saturated rings. The van der Waals surface area contributed by atoms with Crippen molar-refractivity contribution in [3.8, 4) is 11.1 Å². The highest BCUT2D eigenvalue weighted by atomic mass is 32.2. The van der Waals surface area contributed by atoms with E-state index in [9.17, 15) is 14.1 Å². The van der Waals surface area contributed by atoms with E-state index in [1.54, 1.807) is 37.4 Å². The Morgan fingerprint density at radius 3 is 2.40 bits per heavy atom. The van der Waals surface area contributed by atoms with Crippen LogP contribution in [0.1, 0.15) is 13.8 Å². The molecule has 1 unspecified atom stereocenters. The van der Waals surface area contributed by atoms with E-state index in [-0.39, 0.29) is 19.3 Å². The molecule has 0 aliphatic carbocycles. The quantitative estimate of drug-likeness (QED) is 0.339. The fourth-order valence-electron chi connectivity index (χ4n) is 3.12.